The van der Waals surface area contributed by atoms with E-state index < -0.39 is 0 Å². The van der Waals surface area contributed by atoms with Gasteiger partial charge in [-0.15, -0.1) is 0 Å². The van der Waals surface area contributed by atoms with Crippen molar-refractivity contribution >= 4 is 11.6 Å². The summed E-state index contributed by atoms with van der Waals surface area (Å²) in [6.45, 7) is 2.51. The highest BCUT2D eigenvalue weighted by molar-refractivity contribution is 5.92. The highest BCUT2D eigenvalue weighted by Gasteiger charge is 2.27. The van der Waals surface area contributed by atoms with Gasteiger partial charge in [-0.3, -0.25) is 4.79 Å². The number of aryl methyl sites for hydroxylation is 2. The van der Waals surface area contributed by atoms with E-state index in [1.165, 1.54) is 22.4 Å². The van der Waals surface area contributed by atoms with Gasteiger partial charge in [-0.05, 0) is 37.0 Å². The Morgan fingerprint density at radius 2 is 1.91 bits per heavy atom. The molecule has 0 aliphatic heterocycles. The molecule has 1 unspecified atom stereocenters. The van der Waals surface area contributed by atoms with Crippen molar-refractivity contribution in [3.8, 4) is 0 Å². The second kappa shape index (κ2) is 6.97. The average molecular weight is 309 g/mol. The summed E-state index contributed by atoms with van der Waals surface area (Å²) in [4.78, 5) is 13.7. The summed E-state index contributed by atoms with van der Waals surface area (Å²) in [5.74, 6) is 0.0832. The second-order valence-corrected chi connectivity index (χ2v) is 6.53. The SMILES string of the molecule is Cc1ccccc1NC(=O)C[NH+](C)[C@@H]1CCCc2ccccc21. The Hall–Kier alpha value is -2.13. The fourth-order valence-corrected chi connectivity index (χ4v) is 3.55. The third kappa shape index (κ3) is 3.62. The Labute approximate surface area is 138 Å². The maximum absolute atomic E-state index is 12.4. The van der Waals surface area contributed by atoms with Crippen LogP contribution in [-0.4, -0.2) is 19.5 Å². The molecule has 0 saturated heterocycles. The lowest BCUT2D eigenvalue weighted by molar-refractivity contribution is -0.905. The molecule has 0 heterocycles. The number of quaternary nitrogens is 1. The maximum Gasteiger partial charge on any atom is 0.279 e. The number of amides is 1. The van der Waals surface area contributed by atoms with Crippen LogP contribution >= 0.6 is 0 Å². The Morgan fingerprint density at radius 3 is 2.74 bits per heavy atom. The van der Waals surface area contributed by atoms with Crippen molar-refractivity contribution in [2.75, 3.05) is 18.9 Å². The van der Waals surface area contributed by atoms with Gasteiger partial charge in [-0.25, -0.2) is 0 Å². The van der Waals surface area contributed by atoms with Gasteiger partial charge in [0.1, 0.15) is 6.04 Å². The van der Waals surface area contributed by atoms with Gasteiger partial charge >= 0.3 is 0 Å². The number of fused-ring (bicyclic) bond motifs is 1. The first-order valence-electron chi connectivity index (χ1n) is 8.41. The lowest BCUT2D eigenvalue weighted by Crippen LogP contribution is -3.10. The number of hydrogen-bond acceptors (Lipinski definition) is 1. The lowest BCUT2D eigenvalue weighted by atomic mass is 9.87. The van der Waals surface area contributed by atoms with Gasteiger partial charge in [-0.1, -0.05) is 42.5 Å². The van der Waals surface area contributed by atoms with Gasteiger partial charge in [0.2, 0.25) is 0 Å². The topological polar surface area (TPSA) is 33.5 Å². The highest BCUT2D eigenvalue weighted by atomic mass is 16.2. The number of carbonyl (C=O) groups excluding carboxylic acids is 1. The Bertz CT molecular complexity index is 696. The van der Waals surface area contributed by atoms with Crippen LogP contribution in [0.2, 0.25) is 0 Å². The highest BCUT2D eigenvalue weighted by Crippen LogP contribution is 2.27. The summed E-state index contributed by atoms with van der Waals surface area (Å²) in [6, 6.07) is 17.0. The van der Waals surface area contributed by atoms with Gasteiger partial charge < -0.3 is 10.2 Å². The predicted octanol–water partition coefficient (Wildman–Crippen LogP) is 2.53. The molecule has 2 N–H and O–H groups in total. The number of likely N-dealkylation sites (N-methyl/N-ethyl adjacent to an activating group) is 1. The second-order valence-electron chi connectivity index (χ2n) is 6.53. The van der Waals surface area contributed by atoms with Crippen LogP contribution in [0.5, 0.6) is 0 Å². The van der Waals surface area contributed by atoms with Gasteiger partial charge in [0.15, 0.2) is 6.54 Å². The maximum atomic E-state index is 12.4. The smallest absolute Gasteiger partial charge is 0.279 e. The van der Waals surface area contributed by atoms with E-state index in [9.17, 15) is 4.79 Å². The van der Waals surface area contributed by atoms with E-state index in [1.807, 2.05) is 31.2 Å². The van der Waals surface area contributed by atoms with E-state index in [4.69, 9.17) is 0 Å². The Morgan fingerprint density at radius 1 is 1.17 bits per heavy atom. The van der Waals surface area contributed by atoms with E-state index in [0.717, 1.165) is 24.1 Å². The predicted molar refractivity (Wildman–Crippen MR) is 93.7 cm³/mol. The molecule has 1 amide bonds. The molecular formula is C20H25N2O+. The van der Waals surface area contributed by atoms with Crippen LogP contribution in [0, 0.1) is 6.92 Å². The number of carbonyl (C=O) groups is 1. The van der Waals surface area contributed by atoms with E-state index in [-0.39, 0.29) is 5.91 Å². The van der Waals surface area contributed by atoms with E-state index in [0.29, 0.717) is 12.6 Å². The Kier molecular flexibility index (Phi) is 4.77. The summed E-state index contributed by atoms with van der Waals surface area (Å²) in [7, 11) is 2.13. The largest absolute Gasteiger partial charge is 0.323 e. The fourth-order valence-electron chi connectivity index (χ4n) is 3.55. The van der Waals surface area contributed by atoms with Crippen molar-refractivity contribution in [1.82, 2.24) is 0 Å². The van der Waals surface area contributed by atoms with E-state index >= 15 is 0 Å². The van der Waals surface area contributed by atoms with Crippen LogP contribution in [0.1, 0.15) is 35.6 Å². The van der Waals surface area contributed by atoms with Crippen LogP contribution in [0.15, 0.2) is 48.5 Å². The van der Waals surface area contributed by atoms with Crippen LogP contribution in [0.25, 0.3) is 0 Å². The van der Waals surface area contributed by atoms with Crippen molar-refractivity contribution in [2.24, 2.45) is 0 Å². The number of rotatable bonds is 4. The van der Waals surface area contributed by atoms with Gasteiger partial charge in [0, 0.05) is 17.7 Å². The standard InChI is InChI=1S/C20H24N2O/c1-15-8-3-6-12-18(15)21-20(23)14-22(2)19-13-7-10-16-9-4-5-11-17(16)19/h3-6,8-9,11-12,19H,7,10,13-14H2,1-2H3,(H,21,23)/p+1/t19-/m1/s1. The molecule has 0 fully saturated rings. The lowest BCUT2D eigenvalue weighted by Gasteiger charge is -2.30. The number of anilines is 1. The molecule has 0 bridgehead atoms. The number of hydrogen-bond donors (Lipinski definition) is 2. The zero-order valence-corrected chi connectivity index (χ0v) is 13.9. The van der Waals surface area contributed by atoms with Crippen LogP contribution in [0.3, 0.4) is 0 Å². The van der Waals surface area contributed by atoms with Gasteiger partial charge in [0.05, 0.1) is 7.05 Å². The number of para-hydroxylation sites is 1. The normalized spacial score (nSPS) is 18.1. The van der Waals surface area contributed by atoms with E-state index in [2.05, 4.69) is 36.6 Å². The average Bonchev–Trinajstić information content (AvgIpc) is 2.56. The summed E-state index contributed by atoms with van der Waals surface area (Å²) in [6.07, 6.45) is 3.52. The minimum absolute atomic E-state index is 0.0832. The van der Waals surface area contributed by atoms with Crippen LogP contribution in [0.4, 0.5) is 5.69 Å². The molecule has 0 aromatic heterocycles. The molecule has 1 aliphatic rings. The quantitative estimate of drug-likeness (QED) is 0.894. The van der Waals surface area contributed by atoms with Gasteiger partial charge in [-0.2, -0.15) is 0 Å². The number of benzene rings is 2. The van der Waals surface area contributed by atoms with E-state index in [1.54, 1.807) is 0 Å². The molecule has 3 heteroatoms. The zero-order valence-electron chi connectivity index (χ0n) is 13.9. The summed E-state index contributed by atoms with van der Waals surface area (Å²) in [5, 5.41) is 3.04. The molecule has 3 nitrogen and oxygen atoms in total. The number of nitrogens with one attached hydrogen (secondary N) is 2. The summed E-state index contributed by atoms with van der Waals surface area (Å²) < 4.78 is 0. The molecule has 0 saturated carbocycles. The first kappa shape index (κ1) is 15.8. The van der Waals surface area contributed by atoms with Crippen molar-refractivity contribution in [2.45, 2.75) is 32.2 Å². The van der Waals surface area contributed by atoms with Gasteiger partial charge in [0.25, 0.3) is 5.91 Å². The molecule has 2 aromatic carbocycles. The summed E-state index contributed by atoms with van der Waals surface area (Å²) >= 11 is 0. The molecular weight excluding hydrogens is 284 g/mol. The molecule has 23 heavy (non-hydrogen) atoms. The van der Waals surface area contributed by atoms with Crippen molar-refractivity contribution in [3.05, 3.63) is 65.2 Å². The molecule has 0 spiro atoms. The molecule has 1 aliphatic carbocycles. The van der Waals surface area contributed by atoms with Crippen molar-refractivity contribution in [3.63, 3.8) is 0 Å². The van der Waals surface area contributed by atoms with Crippen molar-refractivity contribution in [1.29, 1.82) is 0 Å². The molecule has 120 valence electrons. The minimum atomic E-state index is 0.0832. The molecule has 3 rings (SSSR count). The third-order valence-electron chi connectivity index (χ3n) is 4.82. The molecule has 2 aromatic rings. The van der Waals surface area contributed by atoms with Crippen LogP contribution < -0.4 is 10.2 Å². The zero-order chi connectivity index (χ0) is 16.2. The summed E-state index contributed by atoms with van der Waals surface area (Å²) in [5.41, 5.74) is 4.87. The molecule has 2 atom stereocenters. The monoisotopic (exact) mass is 309 g/mol. The Balaban J connectivity index is 1.67. The van der Waals surface area contributed by atoms with Crippen LogP contribution in [-0.2, 0) is 11.2 Å². The third-order valence-corrected chi connectivity index (χ3v) is 4.82. The molecule has 0 radical (unpaired) electrons. The van der Waals surface area contributed by atoms with Crippen molar-refractivity contribution < 1.29 is 9.69 Å². The first-order chi connectivity index (χ1) is 11.1. The minimum Gasteiger partial charge on any atom is -0.323 e. The first-order valence-corrected chi connectivity index (χ1v) is 8.41. The fraction of sp³-hybridized carbons (Fsp3) is 0.350.